The van der Waals surface area contributed by atoms with Gasteiger partial charge >= 0.3 is 0 Å². The molecule has 138 valence electrons. The van der Waals surface area contributed by atoms with Crippen molar-refractivity contribution in [3.8, 4) is 16.9 Å². The van der Waals surface area contributed by atoms with Gasteiger partial charge in [-0.15, -0.1) is 11.3 Å². The number of hydrogen-bond donors (Lipinski definition) is 2. The van der Waals surface area contributed by atoms with Crippen LogP contribution >= 0.6 is 11.3 Å². The minimum absolute atomic E-state index is 0.0911. The molecule has 0 saturated heterocycles. The number of pyridine rings is 1. The summed E-state index contributed by atoms with van der Waals surface area (Å²) < 4.78 is 20.1. The second kappa shape index (κ2) is 7.13. The first kappa shape index (κ1) is 17.7. The number of halogens is 1. The molecule has 0 aliphatic heterocycles. The van der Waals surface area contributed by atoms with Gasteiger partial charge in [0.2, 0.25) is 0 Å². The lowest BCUT2D eigenvalue weighted by atomic mass is 9.95. The van der Waals surface area contributed by atoms with E-state index < -0.39 is 6.30 Å². The van der Waals surface area contributed by atoms with Gasteiger partial charge < -0.3 is 9.72 Å². The standard InChI is InChI=1S/C21H19FN2O2S/c1-23-17(22)11-12-4-3-5-13(10-12)18-16(26-2)7-6-15-19(18)14-8-9-27-20(14)21(25)24-15/h3-10,17,23H,11H2,1-2H3,(H,24,25). The van der Waals surface area contributed by atoms with E-state index in [1.165, 1.54) is 11.3 Å². The predicted molar refractivity (Wildman–Crippen MR) is 110 cm³/mol. The molecule has 0 saturated carbocycles. The predicted octanol–water partition coefficient (Wildman–Crippen LogP) is 4.48. The van der Waals surface area contributed by atoms with Gasteiger partial charge in [-0.1, -0.05) is 24.3 Å². The van der Waals surface area contributed by atoms with Crippen LogP contribution in [0.5, 0.6) is 5.75 Å². The molecule has 2 aromatic carbocycles. The minimum Gasteiger partial charge on any atom is -0.496 e. The monoisotopic (exact) mass is 382 g/mol. The molecule has 0 aliphatic carbocycles. The molecule has 1 atom stereocenters. The van der Waals surface area contributed by atoms with Crippen LogP contribution in [0.3, 0.4) is 0 Å². The molecule has 0 radical (unpaired) electrons. The number of nitrogens with one attached hydrogen (secondary N) is 2. The van der Waals surface area contributed by atoms with Crippen LogP contribution in [-0.4, -0.2) is 25.4 Å². The molecule has 0 bridgehead atoms. The average molecular weight is 382 g/mol. The number of likely N-dealkylation sites (N-methyl/N-ethyl adjacent to an activating group) is 1. The average Bonchev–Trinajstić information content (AvgIpc) is 3.18. The van der Waals surface area contributed by atoms with E-state index in [0.29, 0.717) is 10.4 Å². The Morgan fingerprint density at radius 2 is 2.11 bits per heavy atom. The summed E-state index contributed by atoms with van der Waals surface area (Å²) >= 11 is 1.42. The lowest BCUT2D eigenvalue weighted by Gasteiger charge is -2.15. The quantitative estimate of drug-likeness (QED) is 0.501. The maximum absolute atomic E-state index is 13.8. The molecule has 2 N–H and O–H groups in total. The summed E-state index contributed by atoms with van der Waals surface area (Å²) in [5.74, 6) is 0.713. The molecule has 4 aromatic rings. The largest absolute Gasteiger partial charge is 0.496 e. The highest BCUT2D eigenvalue weighted by Gasteiger charge is 2.17. The zero-order chi connectivity index (χ0) is 19.0. The third-order valence-electron chi connectivity index (χ3n) is 4.72. The van der Waals surface area contributed by atoms with Crippen LogP contribution in [0, 0.1) is 0 Å². The number of methoxy groups -OCH3 is 1. The third-order valence-corrected chi connectivity index (χ3v) is 5.63. The fourth-order valence-corrected chi connectivity index (χ4v) is 4.24. The molecular formula is C21H19FN2O2S. The summed E-state index contributed by atoms with van der Waals surface area (Å²) in [4.78, 5) is 15.3. The van der Waals surface area contributed by atoms with Crippen LogP contribution in [0.4, 0.5) is 4.39 Å². The van der Waals surface area contributed by atoms with Gasteiger partial charge in [-0.2, -0.15) is 0 Å². The molecule has 1 unspecified atom stereocenters. The Balaban J connectivity index is 2.02. The summed E-state index contributed by atoms with van der Waals surface area (Å²) in [6, 6.07) is 13.5. The first-order valence-corrected chi connectivity index (χ1v) is 9.51. The van der Waals surface area contributed by atoms with Crippen LogP contribution in [0.1, 0.15) is 5.56 Å². The van der Waals surface area contributed by atoms with Crippen LogP contribution in [0.25, 0.3) is 32.1 Å². The van der Waals surface area contributed by atoms with Crippen LogP contribution in [-0.2, 0) is 6.42 Å². The highest BCUT2D eigenvalue weighted by molar-refractivity contribution is 7.17. The molecule has 0 fully saturated rings. The Kier molecular flexibility index (Phi) is 4.68. The van der Waals surface area contributed by atoms with Crippen molar-refractivity contribution in [2.24, 2.45) is 0 Å². The number of rotatable bonds is 5. The molecule has 0 amide bonds. The van der Waals surface area contributed by atoms with Gasteiger partial charge in [0.25, 0.3) is 5.56 Å². The van der Waals surface area contributed by atoms with Gasteiger partial charge in [0.1, 0.15) is 10.4 Å². The van der Waals surface area contributed by atoms with Gasteiger partial charge in [0.15, 0.2) is 6.30 Å². The molecule has 0 spiro atoms. The molecule has 0 aliphatic rings. The van der Waals surface area contributed by atoms with Crippen molar-refractivity contribution >= 4 is 32.3 Å². The Bertz CT molecular complexity index is 1180. The van der Waals surface area contributed by atoms with Gasteiger partial charge in [-0.05, 0) is 41.8 Å². The van der Waals surface area contributed by atoms with Gasteiger partial charge in [0, 0.05) is 28.3 Å². The van der Waals surface area contributed by atoms with E-state index >= 15 is 0 Å². The third kappa shape index (κ3) is 3.11. The van der Waals surface area contributed by atoms with E-state index in [9.17, 15) is 9.18 Å². The number of H-pyrrole nitrogens is 1. The van der Waals surface area contributed by atoms with Crippen molar-refractivity contribution in [1.29, 1.82) is 0 Å². The van der Waals surface area contributed by atoms with Crippen molar-refractivity contribution < 1.29 is 9.13 Å². The molecule has 2 aromatic heterocycles. The number of aromatic amines is 1. The van der Waals surface area contributed by atoms with E-state index in [0.717, 1.165) is 33.0 Å². The molecule has 27 heavy (non-hydrogen) atoms. The highest BCUT2D eigenvalue weighted by atomic mass is 32.1. The Morgan fingerprint density at radius 3 is 2.89 bits per heavy atom. The maximum atomic E-state index is 13.8. The zero-order valence-corrected chi connectivity index (χ0v) is 15.8. The minimum atomic E-state index is -1.10. The Morgan fingerprint density at radius 1 is 1.26 bits per heavy atom. The lowest BCUT2D eigenvalue weighted by Crippen LogP contribution is -2.21. The smallest absolute Gasteiger partial charge is 0.266 e. The van der Waals surface area contributed by atoms with E-state index in [1.54, 1.807) is 14.2 Å². The number of hydrogen-bond acceptors (Lipinski definition) is 4. The number of aromatic nitrogens is 1. The number of fused-ring (bicyclic) bond motifs is 3. The van der Waals surface area contributed by atoms with Crippen molar-refractivity contribution in [1.82, 2.24) is 10.3 Å². The second-order valence-electron chi connectivity index (χ2n) is 6.34. The van der Waals surface area contributed by atoms with Crippen molar-refractivity contribution in [2.45, 2.75) is 12.7 Å². The van der Waals surface area contributed by atoms with E-state index in [4.69, 9.17) is 4.74 Å². The van der Waals surface area contributed by atoms with Crippen molar-refractivity contribution in [3.63, 3.8) is 0 Å². The second-order valence-corrected chi connectivity index (χ2v) is 7.26. The van der Waals surface area contributed by atoms with Crippen molar-refractivity contribution in [2.75, 3.05) is 14.2 Å². The SMILES string of the molecule is CNC(F)Cc1cccc(-c2c(OC)ccc3[nH]c(=O)c4sccc4c23)c1. The van der Waals surface area contributed by atoms with Crippen LogP contribution in [0.15, 0.2) is 52.6 Å². The van der Waals surface area contributed by atoms with Crippen LogP contribution in [0.2, 0.25) is 0 Å². The maximum Gasteiger partial charge on any atom is 0.266 e. The number of thiophene rings is 1. The molecule has 6 heteroatoms. The Hall–Kier alpha value is -2.70. The van der Waals surface area contributed by atoms with Crippen molar-refractivity contribution in [3.05, 3.63) is 63.8 Å². The zero-order valence-electron chi connectivity index (χ0n) is 15.0. The van der Waals surface area contributed by atoms with Gasteiger partial charge in [-0.25, -0.2) is 4.39 Å². The Labute approximate surface area is 159 Å². The summed E-state index contributed by atoms with van der Waals surface area (Å²) in [6.45, 7) is 0. The topological polar surface area (TPSA) is 54.1 Å². The van der Waals surface area contributed by atoms with Gasteiger partial charge in [-0.3, -0.25) is 10.1 Å². The van der Waals surface area contributed by atoms with E-state index in [-0.39, 0.29) is 12.0 Å². The summed E-state index contributed by atoms with van der Waals surface area (Å²) in [5.41, 5.74) is 3.38. The highest BCUT2D eigenvalue weighted by Crippen LogP contribution is 2.40. The number of ether oxygens (including phenoxy) is 1. The molecular weight excluding hydrogens is 363 g/mol. The van der Waals surface area contributed by atoms with Crippen LogP contribution < -0.4 is 15.6 Å². The fraction of sp³-hybridized carbons (Fsp3) is 0.190. The van der Waals surface area contributed by atoms with E-state index in [2.05, 4.69) is 10.3 Å². The fourth-order valence-electron chi connectivity index (χ4n) is 3.45. The van der Waals surface area contributed by atoms with E-state index in [1.807, 2.05) is 47.8 Å². The summed E-state index contributed by atoms with van der Waals surface area (Å²) in [5, 5.41) is 6.38. The number of alkyl halides is 1. The van der Waals surface area contributed by atoms with Gasteiger partial charge in [0.05, 0.1) is 7.11 Å². The first-order chi connectivity index (χ1) is 13.1. The molecule has 2 heterocycles. The molecule has 4 rings (SSSR count). The summed E-state index contributed by atoms with van der Waals surface area (Å²) in [7, 11) is 3.23. The normalized spacial score (nSPS) is 12.6. The summed E-state index contributed by atoms with van der Waals surface area (Å²) in [6.07, 6.45) is -0.822. The lowest BCUT2D eigenvalue weighted by molar-refractivity contribution is 0.290. The first-order valence-electron chi connectivity index (χ1n) is 8.63. The number of benzene rings is 2. The molecule has 4 nitrogen and oxygen atoms in total.